The number of nitrogens with zero attached hydrogens (tertiary/aromatic N) is 1. The Morgan fingerprint density at radius 2 is 2.29 bits per heavy atom. The number of fused-ring (bicyclic) bond motifs is 1. The summed E-state index contributed by atoms with van der Waals surface area (Å²) in [7, 11) is 0. The SMILES string of the molecule is O=C1COc2ccc(NC(=O)C3CC3)nc2N1. The van der Waals surface area contributed by atoms with E-state index in [0.717, 1.165) is 12.8 Å². The molecule has 2 N–H and O–H groups in total. The maximum Gasteiger partial charge on any atom is 0.263 e. The topological polar surface area (TPSA) is 80.3 Å². The monoisotopic (exact) mass is 233 g/mol. The largest absolute Gasteiger partial charge is 0.480 e. The summed E-state index contributed by atoms with van der Waals surface area (Å²) in [4.78, 5) is 26.8. The molecule has 6 heteroatoms. The fourth-order valence-electron chi connectivity index (χ4n) is 1.61. The van der Waals surface area contributed by atoms with E-state index in [2.05, 4.69) is 15.6 Å². The van der Waals surface area contributed by atoms with Crippen molar-refractivity contribution in [3.05, 3.63) is 12.1 Å². The summed E-state index contributed by atoms with van der Waals surface area (Å²) in [5, 5.41) is 5.30. The van der Waals surface area contributed by atoms with E-state index in [9.17, 15) is 9.59 Å². The highest BCUT2D eigenvalue weighted by molar-refractivity contribution is 5.96. The molecule has 6 nitrogen and oxygen atoms in total. The average Bonchev–Trinajstić information content (AvgIpc) is 3.12. The van der Waals surface area contributed by atoms with E-state index in [1.54, 1.807) is 12.1 Å². The molecule has 3 rings (SSSR count). The lowest BCUT2D eigenvalue weighted by molar-refractivity contribution is -0.119. The molecule has 0 atom stereocenters. The van der Waals surface area contributed by atoms with E-state index in [-0.39, 0.29) is 24.3 Å². The molecule has 2 aliphatic rings. The lowest BCUT2D eigenvalue weighted by Crippen LogP contribution is -2.26. The van der Waals surface area contributed by atoms with Crippen LogP contribution in [0.4, 0.5) is 11.6 Å². The van der Waals surface area contributed by atoms with Crippen LogP contribution in [0.2, 0.25) is 0 Å². The Morgan fingerprint density at radius 3 is 3.06 bits per heavy atom. The van der Waals surface area contributed by atoms with E-state index in [4.69, 9.17) is 4.74 Å². The van der Waals surface area contributed by atoms with Crippen LogP contribution in [0.15, 0.2) is 12.1 Å². The van der Waals surface area contributed by atoms with Gasteiger partial charge in [0, 0.05) is 5.92 Å². The summed E-state index contributed by atoms with van der Waals surface area (Å²) in [6.07, 6.45) is 1.88. The van der Waals surface area contributed by atoms with Crippen molar-refractivity contribution in [2.24, 2.45) is 5.92 Å². The van der Waals surface area contributed by atoms with Gasteiger partial charge in [-0.25, -0.2) is 4.98 Å². The van der Waals surface area contributed by atoms with Crippen LogP contribution in [-0.2, 0) is 9.59 Å². The van der Waals surface area contributed by atoms with Crippen molar-refractivity contribution >= 4 is 23.5 Å². The lowest BCUT2D eigenvalue weighted by atomic mass is 10.3. The van der Waals surface area contributed by atoms with Gasteiger partial charge in [-0.2, -0.15) is 0 Å². The minimum absolute atomic E-state index is 0.00244. The van der Waals surface area contributed by atoms with Gasteiger partial charge in [0.1, 0.15) is 5.82 Å². The Kier molecular flexibility index (Phi) is 2.21. The van der Waals surface area contributed by atoms with Gasteiger partial charge in [-0.1, -0.05) is 0 Å². The fraction of sp³-hybridized carbons (Fsp3) is 0.364. The van der Waals surface area contributed by atoms with Crippen molar-refractivity contribution in [3.63, 3.8) is 0 Å². The molecule has 1 aliphatic heterocycles. The Labute approximate surface area is 97.4 Å². The lowest BCUT2D eigenvalue weighted by Gasteiger charge is -2.17. The van der Waals surface area contributed by atoms with Gasteiger partial charge in [0.15, 0.2) is 18.2 Å². The third-order valence-corrected chi connectivity index (χ3v) is 2.67. The van der Waals surface area contributed by atoms with Crippen LogP contribution < -0.4 is 15.4 Å². The number of carbonyl (C=O) groups excluding carboxylic acids is 2. The van der Waals surface area contributed by atoms with Crippen LogP contribution in [0.3, 0.4) is 0 Å². The second kappa shape index (κ2) is 3.73. The third-order valence-electron chi connectivity index (χ3n) is 2.67. The Bertz CT molecular complexity index is 497. The Balaban J connectivity index is 1.79. The first-order chi connectivity index (χ1) is 8.22. The molecule has 2 amide bonds. The van der Waals surface area contributed by atoms with Gasteiger partial charge < -0.3 is 15.4 Å². The zero-order chi connectivity index (χ0) is 11.8. The van der Waals surface area contributed by atoms with E-state index in [1.165, 1.54) is 0 Å². The zero-order valence-electron chi connectivity index (χ0n) is 9.03. The first-order valence-electron chi connectivity index (χ1n) is 5.47. The van der Waals surface area contributed by atoms with Crippen LogP contribution in [0.5, 0.6) is 5.75 Å². The predicted molar refractivity (Wildman–Crippen MR) is 59.7 cm³/mol. The summed E-state index contributed by atoms with van der Waals surface area (Å²) >= 11 is 0. The van der Waals surface area contributed by atoms with Crippen LogP contribution in [0.25, 0.3) is 0 Å². The molecule has 0 radical (unpaired) electrons. The molecule has 0 aromatic carbocycles. The van der Waals surface area contributed by atoms with Crippen LogP contribution in [0, 0.1) is 5.92 Å². The predicted octanol–water partition coefficient (Wildman–Crippen LogP) is 0.761. The molecule has 2 heterocycles. The van der Waals surface area contributed by atoms with E-state index in [0.29, 0.717) is 17.4 Å². The average molecular weight is 233 g/mol. The van der Waals surface area contributed by atoms with Gasteiger partial charge >= 0.3 is 0 Å². The zero-order valence-corrected chi connectivity index (χ0v) is 9.03. The second-order valence-corrected chi connectivity index (χ2v) is 4.14. The van der Waals surface area contributed by atoms with Crippen molar-refractivity contribution in [3.8, 4) is 5.75 Å². The number of anilines is 2. The quantitative estimate of drug-likeness (QED) is 0.790. The first-order valence-corrected chi connectivity index (χ1v) is 5.47. The van der Waals surface area contributed by atoms with Crippen molar-refractivity contribution in [1.29, 1.82) is 0 Å². The first kappa shape index (κ1) is 10.1. The molecule has 1 aliphatic carbocycles. The molecule has 17 heavy (non-hydrogen) atoms. The standard InChI is InChI=1S/C11H11N3O3/c15-9-5-17-7-3-4-8(12-10(7)14-9)13-11(16)6-1-2-6/h3-4,6H,1-2,5H2,(H2,12,13,14,15,16). The number of hydrogen-bond acceptors (Lipinski definition) is 4. The van der Waals surface area contributed by atoms with Gasteiger partial charge in [0.2, 0.25) is 5.91 Å². The van der Waals surface area contributed by atoms with Gasteiger partial charge in [0.25, 0.3) is 5.91 Å². The number of aromatic nitrogens is 1. The number of carbonyl (C=O) groups is 2. The van der Waals surface area contributed by atoms with E-state index in [1.807, 2.05) is 0 Å². The molecule has 88 valence electrons. The number of rotatable bonds is 2. The van der Waals surface area contributed by atoms with E-state index >= 15 is 0 Å². The smallest absolute Gasteiger partial charge is 0.263 e. The summed E-state index contributed by atoms with van der Waals surface area (Å²) in [6.45, 7) is 0.00244. The number of ether oxygens (including phenoxy) is 1. The van der Waals surface area contributed by atoms with Crippen LogP contribution >= 0.6 is 0 Å². The van der Waals surface area contributed by atoms with Gasteiger partial charge in [-0.15, -0.1) is 0 Å². The molecule has 1 fully saturated rings. The molecule has 0 saturated heterocycles. The molecule has 1 saturated carbocycles. The number of hydrogen-bond donors (Lipinski definition) is 2. The maximum absolute atomic E-state index is 11.5. The summed E-state index contributed by atoms with van der Waals surface area (Å²) in [5.41, 5.74) is 0. The fourth-order valence-corrected chi connectivity index (χ4v) is 1.61. The third kappa shape index (κ3) is 2.06. The van der Waals surface area contributed by atoms with Crippen molar-refractivity contribution in [1.82, 2.24) is 4.98 Å². The van der Waals surface area contributed by atoms with Crippen molar-refractivity contribution in [2.45, 2.75) is 12.8 Å². The van der Waals surface area contributed by atoms with Crippen LogP contribution in [-0.4, -0.2) is 23.4 Å². The Hall–Kier alpha value is -2.11. The van der Waals surface area contributed by atoms with Crippen molar-refractivity contribution in [2.75, 3.05) is 17.2 Å². The molecule has 0 spiro atoms. The normalized spacial score (nSPS) is 17.8. The van der Waals surface area contributed by atoms with Gasteiger partial charge in [-0.3, -0.25) is 9.59 Å². The summed E-state index contributed by atoms with van der Waals surface area (Å²) in [6, 6.07) is 3.35. The summed E-state index contributed by atoms with van der Waals surface area (Å²) in [5.74, 6) is 1.19. The molecule has 1 aromatic heterocycles. The highest BCUT2D eigenvalue weighted by Crippen LogP contribution is 2.31. The second-order valence-electron chi connectivity index (χ2n) is 4.14. The number of pyridine rings is 1. The molecule has 0 bridgehead atoms. The van der Waals surface area contributed by atoms with Gasteiger partial charge in [0.05, 0.1) is 0 Å². The minimum atomic E-state index is -0.240. The number of amides is 2. The molecule has 1 aromatic rings. The molecular weight excluding hydrogens is 222 g/mol. The van der Waals surface area contributed by atoms with Crippen LogP contribution in [0.1, 0.15) is 12.8 Å². The van der Waals surface area contributed by atoms with Gasteiger partial charge in [-0.05, 0) is 25.0 Å². The summed E-state index contributed by atoms with van der Waals surface area (Å²) < 4.78 is 5.17. The highest BCUT2D eigenvalue weighted by atomic mass is 16.5. The highest BCUT2D eigenvalue weighted by Gasteiger charge is 2.30. The molecular formula is C11H11N3O3. The number of nitrogens with one attached hydrogen (secondary N) is 2. The Morgan fingerprint density at radius 1 is 1.47 bits per heavy atom. The van der Waals surface area contributed by atoms with Crippen molar-refractivity contribution < 1.29 is 14.3 Å². The minimum Gasteiger partial charge on any atom is -0.480 e. The maximum atomic E-state index is 11.5. The van der Waals surface area contributed by atoms with E-state index < -0.39 is 0 Å². The molecule has 0 unspecified atom stereocenters.